The Morgan fingerprint density at radius 3 is 2.42 bits per heavy atom. The van der Waals surface area contributed by atoms with Crippen molar-refractivity contribution in [2.75, 3.05) is 0 Å². The number of furan rings is 1. The second-order valence-corrected chi connectivity index (χ2v) is 9.06. The average Bonchev–Trinajstić information content (AvgIpc) is 3.03. The zero-order valence-corrected chi connectivity index (χ0v) is 17.0. The van der Waals surface area contributed by atoms with E-state index < -0.39 is 5.97 Å². The third-order valence-electron chi connectivity index (χ3n) is 7.24. The lowest BCUT2D eigenvalue weighted by Crippen LogP contribution is -2.30. The number of carboxylic acids is 1. The molecule has 156 valence electrons. The summed E-state index contributed by atoms with van der Waals surface area (Å²) in [6.07, 6.45) is 7.77. The Bertz CT molecular complexity index is 1190. The molecule has 2 heterocycles. The van der Waals surface area contributed by atoms with Gasteiger partial charge in [0.05, 0.1) is 28.6 Å². The SMILES string of the molecule is O=C(O)c1cc(-c2ccc(/C=N\N3C(=O)[C@@H]4[C@@H](C3=O)[C@@H]3C=C[C@@H]4C34CC4)o2)ccc1Cl. The van der Waals surface area contributed by atoms with E-state index in [1.807, 2.05) is 0 Å². The largest absolute Gasteiger partial charge is 0.478 e. The highest BCUT2D eigenvalue weighted by atomic mass is 35.5. The van der Waals surface area contributed by atoms with Crippen molar-refractivity contribution in [2.45, 2.75) is 12.8 Å². The summed E-state index contributed by atoms with van der Waals surface area (Å²) in [6, 6.07) is 7.88. The predicted octanol–water partition coefficient (Wildman–Crippen LogP) is 3.83. The molecule has 4 atom stereocenters. The molecule has 4 aliphatic rings. The van der Waals surface area contributed by atoms with Gasteiger partial charge in [-0.15, -0.1) is 0 Å². The number of hydrogen-bond donors (Lipinski definition) is 1. The number of carboxylic acid groups (broad SMARTS) is 1. The van der Waals surface area contributed by atoms with E-state index in [0.717, 1.165) is 17.9 Å². The fourth-order valence-corrected chi connectivity index (χ4v) is 5.91. The van der Waals surface area contributed by atoms with Crippen LogP contribution < -0.4 is 0 Å². The molecule has 1 aliphatic heterocycles. The van der Waals surface area contributed by atoms with Crippen LogP contribution in [0.4, 0.5) is 0 Å². The van der Waals surface area contributed by atoms with Crippen LogP contribution in [0.2, 0.25) is 5.02 Å². The van der Waals surface area contributed by atoms with Crippen LogP contribution in [0.25, 0.3) is 11.3 Å². The highest BCUT2D eigenvalue weighted by Crippen LogP contribution is 2.73. The number of imide groups is 1. The summed E-state index contributed by atoms with van der Waals surface area (Å²) < 4.78 is 5.72. The molecule has 2 aromatic rings. The van der Waals surface area contributed by atoms with E-state index in [1.54, 1.807) is 18.2 Å². The third kappa shape index (κ3) is 2.47. The average molecular weight is 437 g/mol. The van der Waals surface area contributed by atoms with Crippen molar-refractivity contribution in [1.82, 2.24) is 5.01 Å². The normalized spacial score (nSPS) is 29.5. The van der Waals surface area contributed by atoms with E-state index in [0.29, 0.717) is 17.1 Å². The summed E-state index contributed by atoms with van der Waals surface area (Å²) in [5.41, 5.74) is 0.670. The third-order valence-corrected chi connectivity index (χ3v) is 7.57. The lowest BCUT2D eigenvalue weighted by Gasteiger charge is -2.18. The number of carbonyl (C=O) groups is 3. The maximum atomic E-state index is 12.9. The van der Waals surface area contributed by atoms with E-state index in [1.165, 1.54) is 18.3 Å². The second-order valence-electron chi connectivity index (χ2n) is 8.66. The lowest BCUT2D eigenvalue weighted by atomic mass is 9.85. The summed E-state index contributed by atoms with van der Waals surface area (Å²) in [7, 11) is 0. The number of hydrazone groups is 1. The van der Waals surface area contributed by atoms with E-state index in [9.17, 15) is 19.5 Å². The predicted molar refractivity (Wildman–Crippen MR) is 110 cm³/mol. The zero-order valence-electron chi connectivity index (χ0n) is 16.2. The number of carbonyl (C=O) groups excluding carboxylic acids is 2. The molecule has 8 heteroatoms. The fourth-order valence-electron chi connectivity index (χ4n) is 5.71. The molecular formula is C23H17ClN2O5. The monoisotopic (exact) mass is 436 g/mol. The first-order valence-electron chi connectivity index (χ1n) is 10.1. The van der Waals surface area contributed by atoms with Crippen molar-refractivity contribution in [2.24, 2.45) is 34.2 Å². The molecular weight excluding hydrogens is 420 g/mol. The Morgan fingerprint density at radius 2 is 1.81 bits per heavy atom. The van der Waals surface area contributed by atoms with Gasteiger partial charge in [-0.2, -0.15) is 10.1 Å². The molecule has 3 fully saturated rings. The van der Waals surface area contributed by atoms with Gasteiger partial charge in [0.2, 0.25) is 0 Å². The smallest absolute Gasteiger partial charge is 0.337 e. The van der Waals surface area contributed by atoms with Crippen molar-refractivity contribution >= 4 is 35.6 Å². The van der Waals surface area contributed by atoms with E-state index in [-0.39, 0.29) is 51.5 Å². The summed E-state index contributed by atoms with van der Waals surface area (Å²) >= 11 is 5.91. The molecule has 1 N–H and O–H groups in total. The first-order valence-corrected chi connectivity index (χ1v) is 10.5. The minimum atomic E-state index is -1.13. The minimum absolute atomic E-state index is 0.0257. The molecule has 2 bridgehead atoms. The highest BCUT2D eigenvalue weighted by Gasteiger charge is 2.73. The van der Waals surface area contributed by atoms with E-state index in [2.05, 4.69) is 17.3 Å². The molecule has 1 saturated heterocycles. The molecule has 7 nitrogen and oxygen atoms in total. The minimum Gasteiger partial charge on any atom is -0.478 e. The molecule has 2 saturated carbocycles. The first-order chi connectivity index (χ1) is 14.9. The maximum absolute atomic E-state index is 12.9. The van der Waals surface area contributed by atoms with Gasteiger partial charge in [-0.05, 0) is 60.4 Å². The molecule has 1 spiro atoms. The number of halogens is 1. The summed E-state index contributed by atoms with van der Waals surface area (Å²) in [5, 5.41) is 14.5. The Balaban J connectivity index is 1.23. The summed E-state index contributed by atoms with van der Waals surface area (Å²) in [4.78, 5) is 37.2. The van der Waals surface area contributed by atoms with Crippen LogP contribution >= 0.6 is 11.6 Å². The number of benzene rings is 1. The fraction of sp³-hybridized carbons (Fsp3) is 0.304. The molecule has 3 aliphatic carbocycles. The number of nitrogens with zero attached hydrogens (tertiary/aromatic N) is 2. The molecule has 2 amide bonds. The Morgan fingerprint density at radius 1 is 1.13 bits per heavy atom. The first kappa shape index (κ1) is 18.6. The van der Waals surface area contributed by atoms with Gasteiger partial charge in [0.25, 0.3) is 11.8 Å². The molecule has 0 radical (unpaired) electrons. The van der Waals surface area contributed by atoms with Gasteiger partial charge in [-0.3, -0.25) is 9.59 Å². The molecule has 0 unspecified atom stereocenters. The van der Waals surface area contributed by atoms with Gasteiger partial charge in [-0.1, -0.05) is 23.8 Å². The van der Waals surface area contributed by atoms with Crippen LogP contribution in [0.15, 0.2) is 52.0 Å². The van der Waals surface area contributed by atoms with Gasteiger partial charge >= 0.3 is 5.97 Å². The quantitative estimate of drug-likeness (QED) is 0.446. The zero-order chi connectivity index (χ0) is 21.5. The second kappa shape index (κ2) is 6.17. The van der Waals surface area contributed by atoms with Gasteiger partial charge < -0.3 is 9.52 Å². The van der Waals surface area contributed by atoms with Crippen molar-refractivity contribution < 1.29 is 23.9 Å². The van der Waals surface area contributed by atoms with Crippen LogP contribution in [-0.2, 0) is 9.59 Å². The standard InChI is InChI=1S/C23H17ClN2O5/c24-16-5-1-11(9-13(16)22(29)30)17-6-2-12(31-17)10-25-26-20(27)18-14-3-4-15(19(18)21(26)28)23(14)7-8-23/h1-6,9-10,14-15,18-19H,7-8H2,(H,29,30)/b25-10-/t14-,15-,18-,19-/m0/s1. The van der Waals surface area contributed by atoms with Gasteiger partial charge in [0.15, 0.2) is 0 Å². The maximum Gasteiger partial charge on any atom is 0.337 e. The highest BCUT2D eigenvalue weighted by molar-refractivity contribution is 6.33. The van der Waals surface area contributed by atoms with Crippen molar-refractivity contribution in [3.63, 3.8) is 0 Å². The van der Waals surface area contributed by atoms with Crippen molar-refractivity contribution in [3.8, 4) is 11.3 Å². The number of allylic oxidation sites excluding steroid dienone is 2. The lowest BCUT2D eigenvalue weighted by molar-refractivity contribution is -0.141. The van der Waals surface area contributed by atoms with Gasteiger partial charge in [-0.25, -0.2) is 4.79 Å². The van der Waals surface area contributed by atoms with E-state index in [4.69, 9.17) is 16.0 Å². The van der Waals surface area contributed by atoms with Crippen LogP contribution in [0.5, 0.6) is 0 Å². The Hall–Kier alpha value is -3.19. The van der Waals surface area contributed by atoms with Crippen LogP contribution in [0.3, 0.4) is 0 Å². The molecule has 6 rings (SSSR count). The van der Waals surface area contributed by atoms with Crippen LogP contribution in [0, 0.1) is 29.1 Å². The van der Waals surface area contributed by atoms with Crippen molar-refractivity contribution in [3.05, 3.63) is 58.8 Å². The molecule has 1 aromatic carbocycles. The number of rotatable bonds is 4. The summed E-state index contributed by atoms with van der Waals surface area (Å²) in [6.45, 7) is 0. The Kier molecular flexibility index (Phi) is 3.69. The number of aromatic carboxylic acids is 1. The number of hydrogen-bond acceptors (Lipinski definition) is 5. The Labute approximate surface area is 182 Å². The molecule has 31 heavy (non-hydrogen) atoms. The van der Waals surface area contributed by atoms with E-state index >= 15 is 0 Å². The van der Waals surface area contributed by atoms with Crippen LogP contribution in [0.1, 0.15) is 29.0 Å². The number of amides is 2. The number of fused-ring (bicyclic) bond motifs is 3. The topological polar surface area (TPSA) is 100 Å². The summed E-state index contributed by atoms with van der Waals surface area (Å²) in [5.74, 6) is -1.10. The van der Waals surface area contributed by atoms with Gasteiger partial charge in [0.1, 0.15) is 11.5 Å². The van der Waals surface area contributed by atoms with Gasteiger partial charge in [0, 0.05) is 5.56 Å². The van der Waals surface area contributed by atoms with Crippen LogP contribution in [-0.4, -0.2) is 34.1 Å². The van der Waals surface area contributed by atoms with Crippen molar-refractivity contribution in [1.29, 1.82) is 0 Å². The molecule has 1 aromatic heterocycles.